The molecule has 3 aliphatic rings. The van der Waals surface area contributed by atoms with Gasteiger partial charge >= 0.3 is 0 Å². The maximum atomic E-state index is 13.6. The molecule has 2 atom stereocenters. The first-order chi connectivity index (χ1) is 13.0. The highest BCUT2D eigenvalue weighted by atomic mass is 16.5. The summed E-state index contributed by atoms with van der Waals surface area (Å²) in [6.45, 7) is 5.77. The van der Waals surface area contributed by atoms with E-state index in [1.54, 1.807) is 0 Å². The number of ether oxygens (including phenoxy) is 1. The highest BCUT2D eigenvalue weighted by Crippen LogP contribution is 2.37. The molecule has 1 saturated heterocycles. The average Bonchev–Trinajstić information content (AvgIpc) is 3.04. The summed E-state index contributed by atoms with van der Waals surface area (Å²) in [6.07, 6.45) is 4.89. The van der Waals surface area contributed by atoms with E-state index in [4.69, 9.17) is 4.74 Å². The molecule has 5 heteroatoms. The van der Waals surface area contributed by atoms with Crippen LogP contribution in [0.25, 0.3) is 0 Å². The van der Waals surface area contributed by atoms with Gasteiger partial charge in [0.25, 0.3) is 0 Å². The topological polar surface area (TPSA) is 61.8 Å². The zero-order valence-electron chi connectivity index (χ0n) is 16.5. The lowest BCUT2D eigenvalue weighted by molar-refractivity contribution is -0.145. The van der Waals surface area contributed by atoms with Crippen LogP contribution in [0.4, 0.5) is 0 Å². The van der Waals surface area contributed by atoms with Gasteiger partial charge in [-0.25, -0.2) is 0 Å². The van der Waals surface area contributed by atoms with Crippen molar-refractivity contribution in [3.63, 3.8) is 0 Å². The van der Waals surface area contributed by atoms with Crippen LogP contribution >= 0.6 is 0 Å². The molecule has 0 aromatic heterocycles. The van der Waals surface area contributed by atoms with Gasteiger partial charge in [-0.1, -0.05) is 24.3 Å². The van der Waals surface area contributed by atoms with Gasteiger partial charge in [-0.05, 0) is 50.7 Å². The zero-order valence-corrected chi connectivity index (χ0v) is 16.5. The van der Waals surface area contributed by atoms with E-state index in [-0.39, 0.29) is 30.3 Å². The summed E-state index contributed by atoms with van der Waals surface area (Å²) in [4.78, 5) is 16.0. The summed E-state index contributed by atoms with van der Waals surface area (Å²) >= 11 is 0. The minimum absolute atomic E-state index is 0.131. The van der Waals surface area contributed by atoms with E-state index in [0.717, 1.165) is 51.6 Å². The summed E-state index contributed by atoms with van der Waals surface area (Å²) in [5.74, 6) is 0.154. The molecule has 0 bridgehead atoms. The third kappa shape index (κ3) is 3.78. The fraction of sp³-hybridized carbons (Fsp3) is 0.682. The van der Waals surface area contributed by atoms with Crippen molar-refractivity contribution < 1.29 is 14.6 Å². The molecule has 1 aromatic carbocycles. The van der Waals surface area contributed by atoms with Gasteiger partial charge in [-0.2, -0.15) is 0 Å². The number of nitrogens with zero attached hydrogens (tertiary/aromatic N) is 1. The number of rotatable bonds is 3. The molecule has 1 saturated carbocycles. The molecule has 2 fully saturated rings. The molecule has 1 aromatic rings. The molecule has 0 radical (unpaired) electrons. The molecule has 0 spiro atoms. The second kappa shape index (κ2) is 7.53. The number of amides is 1. The van der Waals surface area contributed by atoms with E-state index >= 15 is 0 Å². The maximum absolute atomic E-state index is 13.6. The molecule has 2 aliphatic carbocycles. The maximum Gasteiger partial charge on any atom is 0.241 e. The van der Waals surface area contributed by atoms with Crippen molar-refractivity contribution in [2.75, 3.05) is 13.1 Å². The Morgan fingerprint density at radius 2 is 1.63 bits per heavy atom. The smallest absolute Gasteiger partial charge is 0.241 e. The Balaban J connectivity index is 1.58. The van der Waals surface area contributed by atoms with E-state index < -0.39 is 5.54 Å². The number of aliphatic hydroxyl groups excluding tert-OH is 1. The fourth-order valence-electron chi connectivity index (χ4n) is 5.19. The van der Waals surface area contributed by atoms with Crippen molar-refractivity contribution in [2.45, 2.75) is 82.3 Å². The largest absolute Gasteiger partial charge is 0.393 e. The third-order valence-electron chi connectivity index (χ3n) is 6.56. The second-order valence-electron chi connectivity index (χ2n) is 8.80. The standard InChI is InChI=1S/C22H32N2O3/c1-15-13-24(14-16(2)27-15)22(11-17-5-3-4-6-18(17)12-22)21(26)23-19-7-9-20(25)10-8-19/h3-6,15-16,19-20,25H,7-14H2,1-2H3,(H,23,26)/t15-,16+,19?,20?. The normalized spacial score (nSPS) is 33.4. The van der Waals surface area contributed by atoms with Crippen LogP contribution in [-0.2, 0) is 22.4 Å². The number of carbonyl (C=O) groups excluding carboxylic acids is 1. The highest BCUT2D eigenvalue weighted by Gasteiger charge is 2.50. The van der Waals surface area contributed by atoms with E-state index in [1.807, 2.05) is 0 Å². The number of carbonyl (C=O) groups is 1. The minimum Gasteiger partial charge on any atom is -0.393 e. The molecule has 2 N–H and O–H groups in total. The Morgan fingerprint density at radius 3 is 2.19 bits per heavy atom. The highest BCUT2D eigenvalue weighted by molar-refractivity contribution is 5.88. The first kappa shape index (κ1) is 18.9. The molecule has 4 rings (SSSR count). The Bertz CT molecular complexity index is 649. The number of hydrogen-bond acceptors (Lipinski definition) is 4. The van der Waals surface area contributed by atoms with E-state index in [0.29, 0.717) is 0 Å². The number of fused-ring (bicyclic) bond motifs is 1. The molecular weight excluding hydrogens is 340 g/mol. The fourth-order valence-corrected chi connectivity index (χ4v) is 5.19. The average molecular weight is 373 g/mol. The van der Waals surface area contributed by atoms with Gasteiger partial charge in [0, 0.05) is 32.0 Å². The van der Waals surface area contributed by atoms with E-state index in [9.17, 15) is 9.90 Å². The molecule has 0 unspecified atom stereocenters. The van der Waals surface area contributed by atoms with Crippen LogP contribution in [0.2, 0.25) is 0 Å². The second-order valence-corrected chi connectivity index (χ2v) is 8.80. The van der Waals surface area contributed by atoms with Crippen molar-refractivity contribution in [1.82, 2.24) is 10.2 Å². The summed E-state index contributed by atoms with van der Waals surface area (Å²) in [5, 5.41) is 13.1. The van der Waals surface area contributed by atoms with Crippen LogP contribution < -0.4 is 5.32 Å². The van der Waals surface area contributed by atoms with Gasteiger partial charge in [0.1, 0.15) is 5.54 Å². The quantitative estimate of drug-likeness (QED) is 0.853. The Morgan fingerprint density at radius 1 is 1.07 bits per heavy atom. The van der Waals surface area contributed by atoms with Crippen LogP contribution in [0.3, 0.4) is 0 Å². The minimum atomic E-state index is -0.522. The number of aliphatic hydroxyl groups is 1. The summed E-state index contributed by atoms with van der Waals surface area (Å²) in [6, 6.07) is 8.64. The lowest BCUT2D eigenvalue weighted by atomic mass is 9.88. The van der Waals surface area contributed by atoms with Crippen LogP contribution in [0.5, 0.6) is 0 Å². The van der Waals surface area contributed by atoms with Gasteiger partial charge in [-0.3, -0.25) is 9.69 Å². The van der Waals surface area contributed by atoms with E-state index in [1.165, 1.54) is 11.1 Å². The SMILES string of the molecule is C[C@@H]1CN(C2(C(=O)NC3CCC(O)CC3)Cc3ccccc3C2)C[C@H](C)O1. The zero-order chi connectivity index (χ0) is 19.0. The van der Waals surface area contributed by atoms with Gasteiger partial charge in [0.15, 0.2) is 0 Å². The summed E-state index contributed by atoms with van der Waals surface area (Å²) in [5.41, 5.74) is 2.06. The van der Waals surface area contributed by atoms with Crippen LogP contribution in [0.15, 0.2) is 24.3 Å². The third-order valence-corrected chi connectivity index (χ3v) is 6.56. The van der Waals surface area contributed by atoms with Crippen molar-refractivity contribution in [2.24, 2.45) is 0 Å². The van der Waals surface area contributed by atoms with Gasteiger partial charge < -0.3 is 15.2 Å². The lowest BCUT2D eigenvalue weighted by Gasteiger charge is -2.46. The molecule has 148 valence electrons. The Kier molecular flexibility index (Phi) is 5.28. The van der Waals surface area contributed by atoms with Crippen molar-refractivity contribution >= 4 is 5.91 Å². The van der Waals surface area contributed by atoms with Gasteiger partial charge in [-0.15, -0.1) is 0 Å². The van der Waals surface area contributed by atoms with Crippen LogP contribution in [-0.4, -0.2) is 58.9 Å². The summed E-state index contributed by atoms with van der Waals surface area (Å²) in [7, 11) is 0. The predicted octanol–water partition coefficient (Wildman–Crippen LogP) is 2.05. The van der Waals surface area contributed by atoms with E-state index in [2.05, 4.69) is 48.3 Å². The monoisotopic (exact) mass is 372 g/mol. The molecule has 5 nitrogen and oxygen atoms in total. The summed E-state index contributed by atoms with van der Waals surface area (Å²) < 4.78 is 5.94. The predicted molar refractivity (Wildman–Crippen MR) is 105 cm³/mol. The lowest BCUT2D eigenvalue weighted by Crippen LogP contribution is -2.65. The van der Waals surface area contributed by atoms with Crippen LogP contribution in [0.1, 0.15) is 50.7 Å². The van der Waals surface area contributed by atoms with Crippen LogP contribution in [0, 0.1) is 0 Å². The van der Waals surface area contributed by atoms with Gasteiger partial charge in [0.05, 0.1) is 18.3 Å². The number of hydrogen-bond donors (Lipinski definition) is 2. The number of morpholine rings is 1. The molecule has 1 amide bonds. The Hall–Kier alpha value is -1.43. The number of benzene rings is 1. The van der Waals surface area contributed by atoms with Crippen molar-refractivity contribution in [1.29, 1.82) is 0 Å². The first-order valence-corrected chi connectivity index (χ1v) is 10.4. The Labute approximate surface area is 162 Å². The molecule has 1 aliphatic heterocycles. The van der Waals surface area contributed by atoms with Crippen molar-refractivity contribution in [3.8, 4) is 0 Å². The molecule has 1 heterocycles. The number of nitrogens with one attached hydrogen (secondary N) is 1. The first-order valence-electron chi connectivity index (χ1n) is 10.4. The molecular formula is C22H32N2O3. The van der Waals surface area contributed by atoms with Gasteiger partial charge in [0.2, 0.25) is 5.91 Å². The molecule has 27 heavy (non-hydrogen) atoms. The van der Waals surface area contributed by atoms with Crippen molar-refractivity contribution in [3.05, 3.63) is 35.4 Å².